The molecule has 134 valence electrons. The van der Waals surface area contributed by atoms with Crippen LogP contribution in [0.3, 0.4) is 0 Å². The number of anilines is 1. The Morgan fingerprint density at radius 3 is 2.56 bits per heavy atom. The van der Waals surface area contributed by atoms with Crippen molar-refractivity contribution in [3.8, 4) is 0 Å². The van der Waals surface area contributed by atoms with Crippen LogP contribution in [0.15, 0.2) is 42.6 Å². The molecule has 2 aromatic rings. The van der Waals surface area contributed by atoms with E-state index in [4.69, 9.17) is 0 Å². The van der Waals surface area contributed by atoms with E-state index in [1.54, 1.807) is 24.4 Å². The molecule has 0 radical (unpaired) electrons. The summed E-state index contributed by atoms with van der Waals surface area (Å²) in [5.74, 6) is -0.230. The molecule has 0 aliphatic carbocycles. The van der Waals surface area contributed by atoms with Crippen molar-refractivity contribution in [1.29, 1.82) is 0 Å². The summed E-state index contributed by atoms with van der Waals surface area (Å²) in [6, 6.07) is 10.4. The van der Waals surface area contributed by atoms with E-state index in [9.17, 15) is 9.18 Å². The molecular weight excluding hydrogens is 317 g/mol. The zero-order valence-electron chi connectivity index (χ0n) is 15.0. The number of rotatable bonds is 9. The van der Waals surface area contributed by atoms with Gasteiger partial charge in [0.2, 0.25) is 0 Å². The van der Waals surface area contributed by atoms with Crippen LogP contribution in [0, 0.1) is 5.82 Å². The minimum atomic E-state index is -0.190. The zero-order chi connectivity index (χ0) is 18.1. The molecule has 0 saturated heterocycles. The Labute approximate surface area is 149 Å². The minimum absolute atomic E-state index is 0.0403. The Bertz CT molecular complexity index is 684. The third-order valence-corrected chi connectivity index (χ3v) is 3.93. The van der Waals surface area contributed by atoms with Crippen molar-refractivity contribution >= 4 is 11.6 Å². The smallest absolute Gasteiger partial charge is 0.272 e. The normalized spacial score (nSPS) is 10.5. The Kier molecular flexibility index (Phi) is 7.38. The first-order valence-corrected chi connectivity index (χ1v) is 8.88. The summed E-state index contributed by atoms with van der Waals surface area (Å²) in [6.07, 6.45) is 4.06. The van der Waals surface area contributed by atoms with E-state index in [0.717, 1.165) is 31.6 Å². The van der Waals surface area contributed by atoms with E-state index < -0.39 is 0 Å². The van der Waals surface area contributed by atoms with Gasteiger partial charge in [0.25, 0.3) is 5.91 Å². The fraction of sp³-hybridized carbons (Fsp3) is 0.400. The van der Waals surface area contributed by atoms with Gasteiger partial charge in [0.15, 0.2) is 0 Å². The largest absolute Gasteiger partial charge is 0.385 e. The van der Waals surface area contributed by atoms with Crippen molar-refractivity contribution in [1.82, 2.24) is 9.88 Å². The third kappa shape index (κ3) is 5.55. The molecule has 0 fully saturated rings. The summed E-state index contributed by atoms with van der Waals surface area (Å²) in [5, 5.41) is 3.24. The average molecular weight is 343 g/mol. The maximum Gasteiger partial charge on any atom is 0.272 e. The number of benzene rings is 1. The fourth-order valence-corrected chi connectivity index (χ4v) is 2.72. The second kappa shape index (κ2) is 9.77. The van der Waals surface area contributed by atoms with E-state index in [1.807, 2.05) is 17.0 Å². The number of nitrogens with zero attached hydrogens (tertiary/aromatic N) is 2. The van der Waals surface area contributed by atoms with Gasteiger partial charge in [0.1, 0.15) is 11.5 Å². The summed E-state index contributed by atoms with van der Waals surface area (Å²) < 4.78 is 13.6. The number of aromatic nitrogens is 1. The lowest BCUT2D eigenvalue weighted by Gasteiger charge is -2.21. The molecule has 0 aliphatic rings. The summed E-state index contributed by atoms with van der Waals surface area (Å²) in [4.78, 5) is 18.7. The van der Waals surface area contributed by atoms with Crippen LogP contribution in [-0.2, 0) is 6.42 Å². The number of nitrogens with one attached hydrogen (secondary N) is 1. The number of amides is 1. The Morgan fingerprint density at radius 2 is 1.88 bits per heavy atom. The van der Waals surface area contributed by atoms with Crippen LogP contribution in [-0.4, -0.2) is 35.4 Å². The maximum atomic E-state index is 13.6. The second-order valence-corrected chi connectivity index (χ2v) is 5.99. The lowest BCUT2D eigenvalue weighted by atomic mass is 10.1. The van der Waals surface area contributed by atoms with Crippen molar-refractivity contribution in [3.05, 3.63) is 59.7 Å². The molecule has 25 heavy (non-hydrogen) atoms. The van der Waals surface area contributed by atoms with Crippen molar-refractivity contribution in [2.75, 3.05) is 25.0 Å². The van der Waals surface area contributed by atoms with Crippen LogP contribution in [0.2, 0.25) is 0 Å². The lowest BCUT2D eigenvalue weighted by molar-refractivity contribution is 0.0749. The summed E-state index contributed by atoms with van der Waals surface area (Å²) in [5.41, 5.74) is 1.94. The van der Waals surface area contributed by atoms with Gasteiger partial charge in [0.05, 0.1) is 0 Å². The van der Waals surface area contributed by atoms with Crippen molar-refractivity contribution in [2.45, 2.75) is 33.1 Å². The SMILES string of the molecule is CCCN(CCC)C(=O)c1cc(NCCc2ccccc2F)ccn1. The molecule has 5 heteroatoms. The van der Waals surface area contributed by atoms with Crippen molar-refractivity contribution in [2.24, 2.45) is 0 Å². The molecular formula is C20H26FN3O. The van der Waals surface area contributed by atoms with Gasteiger partial charge in [-0.3, -0.25) is 9.78 Å². The monoisotopic (exact) mass is 343 g/mol. The summed E-state index contributed by atoms with van der Waals surface area (Å²) >= 11 is 0. The number of halogens is 1. The van der Waals surface area contributed by atoms with Crippen molar-refractivity contribution in [3.63, 3.8) is 0 Å². The topological polar surface area (TPSA) is 45.2 Å². The lowest BCUT2D eigenvalue weighted by Crippen LogP contribution is -2.33. The maximum absolute atomic E-state index is 13.6. The third-order valence-electron chi connectivity index (χ3n) is 3.93. The first-order valence-electron chi connectivity index (χ1n) is 8.88. The van der Waals surface area contributed by atoms with Gasteiger partial charge in [-0.15, -0.1) is 0 Å². The highest BCUT2D eigenvalue weighted by Gasteiger charge is 2.15. The predicted molar refractivity (Wildman–Crippen MR) is 99.3 cm³/mol. The van der Waals surface area contributed by atoms with Crippen LogP contribution in [0.1, 0.15) is 42.7 Å². The van der Waals surface area contributed by atoms with E-state index in [2.05, 4.69) is 24.1 Å². The van der Waals surface area contributed by atoms with E-state index in [0.29, 0.717) is 24.2 Å². The van der Waals surface area contributed by atoms with Crippen LogP contribution in [0.4, 0.5) is 10.1 Å². The fourth-order valence-electron chi connectivity index (χ4n) is 2.72. The molecule has 0 unspecified atom stereocenters. The highest BCUT2D eigenvalue weighted by atomic mass is 19.1. The molecule has 0 atom stereocenters. The average Bonchev–Trinajstić information content (AvgIpc) is 2.63. The summed E-state index contributed by atoms with van der Waals surface area (Å²) in [7, 11) is 0. The summed E-state index contributed by atoms with van der Waals surface area (Å²) in [6.45, 7) is 6.18. The molecule has 2 rings (SSSR count). The van der Waals surface area contributed by atoms with Gasteiger partial charge in [-0.05, 0) is 43.0 Å². The van der Waals surface area contributed by atoms with E-state index >= 15 is 0 Å². The van der Waals surface area contributed by atoms with E-state index in [-0.39, 0.29) is 11.7 Å². The first-order chi connectivity index (χ1) is 12.2. The van der Waals surface area contributed by atoms with Gasteiger partial charge in [-0.2, -0.15) is 0 Å². The zero-order valence-corrected chi connectivity index (χ0v) is 15.0. The highest BCUT2D eigenvalue weighted by molar-refractivity contribution is 5.93. The van der Waals surface area contributed by atoms with E-state index in [1.165, 1.54) is 6.07 Å². The molecule has 0 bridgehead atoms. The highest BCUT2D eigenvalue weighted by Crippen LogP contribution is 2.12. The van der Waals surface area contributed by atoms with Crippen molar-refractivity contribution < 1.29 is 9.18 Å². The van der Waals surface area contributed by atoms with Gasteiger partial charge in [0, 0.05) is 31.5 Å². The Hall–Kier alpha value is -2.43. The van der Waals surface area contributed by atoms with Crippen LogP contribution in [0.5, 0.6) is 0 Å². The molecule has 0 saturated carbocycles. The Balaban J connectivity index is 1.98. The van der Waals surface area contributed by atoms with Gasteiger partial charge >= 0.3 is 0 Å². The number of carbonyl (C=O) groups is 1. The molecule has 0 aliphatic heterocycles. The number of pyridine rings is 1. The molecule has 1 aromatic heterocycles. The quantitative estimate of drug-likeness (QED) is 0.744. The molecule has 4 nitrogen and oxygen atoms in total. The number of hydrogen-bond donors (Lipinski definition) is 1. The molecule has 1 amide bonds. The van der Waals surface area contributed by atoms with Crippen LogP contribution < -0.4 is 5.32 Å². The molecule has 1 aromatic carbocycles. The van der Waals surface area contributed by atoms with Crippen LogP contribution in [0.25, 0.3) is 0 Å². The first kappa shape index (κ1) is 18.9. The number of hydrogen-bond acceptors (Lipinski definition) is 3. The number of carbonyl (C=O) groups excluding carboxylic acids is 1. The van der Waals surface area contributed by atoms with Gasteiger partial charge in [-0.25, -0.2) is 4.39 Å². The predicted octanol–water partition coefficient (Wildman–Crippen LogP) is 4.14. The Morgan fingerprint density at radius 1 is 1.16 bits per heavy atom. The van der Waals surface area contributed by atoms with Gasteiger partial charge < -0.3 is 10.2 Å². The molecule has 1 N–H and O–H groups in total. The molecule has 0 spiro atoms. The standard InChI is InChI=1S/C20H26FN3O/c1-3-13-24(14-4-2)20(25)19-15-17(10-12-23-19)22-11-9-16-7-5-6-8-18(16)21/h5-8,10,12,15H,3-4,9,11,13-14H2,1-2H3,(H,22,23). The van der Waals surface area contributed by atoms with Gasteiger partial charge in [-0.1, -0.05) is 32.0 Å². The minimum Gasteiger partial charge on any atom is -0.385 e. The second-order valence-electron chi connectivity index (χ2n) is 5.99. The van der Waals surface area contributed by atoms with Crippen LogP contribution >= 0.6 is 0 Å². The molecule has 1 heterocycles.